The Balaban J connectivity index is 0.000000136. The second-order valence-corrected chi connectivity index (χ2v) is 32.3. The summed E-state index contributed by atoms with van der Waals surface area (Å²) in [4.78, 5) is 41.0. The molecule has 0 radical (unpaired) electrons. The van der Waals surface area contributed by atoms with Crippen LogP contribution in [0.15, 0.2) is 315 Å². The Morgan fingerprint density at radius 2 is 0.509 bits per heavy atom. The van der Waals surface area contributed by atoms with Gasteiger partial charge >= 0.3 is 0 Å². The molecule has 496 valence electrons. The standard InChI is InChI=1S/2C46H26N4S3/c1-2-12-27(13-3-1)43-48-44(33-19-10-24-38-40(33)31-16-4-6-22-36(31)51-38)50-45(49-43)34-20-11-25-39-41(34)32-18-9-17-30(42(32)52-39)28-14-8-15-29(26-28)46-47-35-21-5-7-23-37(35)53-46;1-2-11-27(12-3-1)43-48-44(29-23-24-38-35(26-29)32-15-4-6-20-37(32)51-38)50-45(49-43)34-18-10-22-40-41(34)33-17-9-16-31(42(33)52-40)28-13-8-14-30(25-28)46-47-36-19-5-7-21-39(36)53-46/h2*1-26H. The van der Waals surface area contributed by atoms with Crippen LogP contribution in [0.3, 0.4) is 0 Å². The predicted molar refractivity (Wildman–Crippen MR) is 452 cm³/mol. The van der Waals surface area contributed by atoms with E-state index in [0.29, 0.717) is 34.9 Å². The molecule has 0 N–H and O–H groups in total. The lowest BCUT2D eigenvalue weighted by Gasteiger charge is -2.10. The molecule has 0 aliphatic heterocycles. The van der Waals surface area contributed by atoms with Gasteiger partial charge in [-0.25, -0.2) is 39.9 Å². The summed E-state index contributed by atoms with van der Waals surface area (Å²) < 4.78 is 12.3. The zero-order chi connectivity index (χ0) is 69.8. The number of fused-ring (bicyclic) bond motifs is 14. The molecule has 8 heterocycles. The molecule has 0 aliphatic rings. The van der Waals surface area contributed by atoms with Gasteiger partial charge in [-0.05, 0) is 107 Å². The maximum absolute atomic E-state index is 5.30. The first kappa shape index (κ1) is 62.3. The molecule has 22 rings (SSSR count). The molecule has 14 heteroatoms. The molecular weight excluding hydrogens is 1410 g/mol. The van der Waals surface area contributed by atoms with Crippen LogP contribution in [0, 0.1) is 0 Å². The molecule has 0 unspecified atom stereocenters. The zero-order valence-electron chi connectivity index (χ0n) is 56.0. The molecule has 22 aromatic rings. The van der Waals surface area contributed by atoms with E-state index in [-0.39, 0.29) is 0 Å². The van der Waals surface area contributed by atoms with E-state index in [0.717, 1.165) is 76.3 Å². The highest BCUT2D eigenvalue weighted by Gasteiger charge is 2.24. The number of rotatable bonds is 10. The first-order valence-corrected chi connectivity index (χ1v) is 39.7. The number of thiazole rings is 2. The van der Waals surface area contributed by atoms with Gasteiger partial charge in [0.15, 0.2) is 34.9 Å². The average molecular weight is 1460 g/mol. The third-order valence-corrected chi connectivity index (χ3v) is 26.4. The minimum atomic E-state index is 0.657. The first-order chi connectivity index (χ1) is 52.5. The maximum atomic E-state index is 5.30. The van der Waals surface area contributed by atoms with Crippen LogP contribution in [0.2, 0.25) is 0 Å². The average Bonchev–Trinajstić information content (AvgIpc) is 1.57. The fourth-order valence-corrected chi connectivity index (χ4v) is 21.3. The quantitative estimate of drug-likeness (QED) is 0.133. The SMILES string of the molecule is c1ccc(-c2nc(-c3ccc4sc5ccccc5c4c3)nc(-c3cccc4sc5c(-c6cccc(-c7nc8ccccc8s7)c6)cccc5c34)n2)cc1.c1ccc(-c2nc(-c3cccc4sc5ccccc5c34)nc(-c3cccc4sc5c(-c6cccc(-c7nc8ccccc8s7)c6)cccc5c34)n2)cc1. The summed E-state index contributed by atoms with van der Waals surface area (Å²) >= 11 is 10.7. The largest absolute Gasteiger partial charge is 0.236 e. The zero-order valence-corrected chi connectivity index (χ0v) is 60.9. The highest BCUT2D eigenvalue weighted by atomic mass is 32.1. The van der Waals surface area contributed by atoms with E-state index < -0.39 is 0 Å². The van der Waals surface area contributed by atoms with Gasteiger partial charge in [0.05, 0.1) is 20.4 Å². The second kappa shape index (κ2) is 25.9. The molecule has 0 bridgehead atoms. The summed E-state index contributed by atoms with van der Waals surface area (Å²) in [5.74, 6) is 3.98. The molecule has 0 atom stereocenters. The number of hydrogen-bond donors (Lipinski definition) is 0. The van der Waals surface area contributed by atoms with E-state index in [2.05, 4.69) is 267 Å². The van der Waals surface area contributed by atoms with Gasteiger partial charge in [-0.15, -0.1) is 68.0 Å². The fraction of sp³-hybridized carbons (Fsp3) is 0. The highest BCUT2D eigenvalue weighted by Crippen LogP contribution is 2.48. The lowest BCUT2D eigenvalue weighted by Crippen LogP contribution is -2.00. The molecule has 0 aliphatic carbocycles. The Hall–Kier alpha value is -12.2. The van der Waals surface area contributed by atoms with E-state index in [1.54, 1.807) is 34.0 Å². The van der Waals surface area contributed by atoms with Gasteiger partial charge in [0.1, 0.15) is 10.0 Å². The number of para-hydroxylation sites is 2. The third-order valence-electron chi connectivity index (χ3n) is 19.6. The highest BCUT2D eigenvalue weighted by molar-refractivity contribution is 7.27. The molecular formula is C92H52N8S6. The van der Waals surface area contributed by atoms with Crippen LogP contribution in [-0.4, -0.2) is 39.9 Å². The van der Waals surface area contributed by atoms with E-state index in [1.165, 1.54) is 102 Å². The molecule has 0 fully saturated rings. The Morgan fingerprint density at radius 1 is 0.170 bits per heavy atom. The van der Waals surface area contributed by atoms with Crippen LogP contribution in [0.5, 0.6) is 0 Å². The van der Waals surface area contributed by atoms with Gasteiger partial charge in [-0.1, -0.05) is 231 Å². The third kappa shape index (κ3) is 10.9. The van der Waals surface area contributed by atoms with Crippen LogP contribution in [0.25, 0.3) is 213 Å². The van der Waals surface area contributed by atoms with Crippen molar-refractivity contribution < 1.29 is 0 Å². The molecule has 0 saturated heterocycles. The van der Waals surface area contributed by atoms with Crippen molar-refractivity contribution in [3.8, 4) is 112 Å². The van der Waals surface area contributed by atoms with Gasteiger partial charge in [0.2, 0.25) is 0 Å². The number of benzene rings is 14. The monoisotopic (exact) mass is 1460 g/mol. The molecule has 0 saturated carbocycles. The Bertz CT molecular complexity index is 7180. The number of hydrogen-bond acceptors (Lipinski definition) is 14. The Labute approximate surface area is 630 Å². The summed E-state index contributed by atoms with van der Waals surface area (Å²) in [7, 11) is 0. The molecule has 8 aromatic heterocycles. The van der Waals surface area contributed by atoms with E-state index in [1.807, 2.05) is 82.5 Å². The van der Waals surface area contributed by atoms with Crippen LogP contribution in [0.1, 0.15) is 0 Å². The van der Waals surface area contributed by atoms with Crippen LogP contribution < -0.4 is 0 Å². The molecule has 0 amide bonds. The van der Waals surface area contributed by atoms with Gasteiger partial charge in [0, 0.05) is 125 Å². The fourth-order valence-electron chi connectivity index (χ4n) is 14.7. The first-order valence-electron chi connectivity index (χ1n) is 34.8. The Kier molecular flexibility index (Phi) is 15.2. The number of aromatic nitrogens is 8. The summed E-state index contributed by atoms with van der Waals surface area (Å²) in [6, 6.07) is 111. The summed E-state index contributed by atoms with van der Waals surface area (Å²) in [5, 5.41) is 11.6. The van der Waals surface area contributed by atoms with Crippen molar-refractivity contribution >= 4 is 169 Å². The summed E-state index contributed by atoms with van der Waals surface area (Å²) in [6.45, 7) is 0. The lowest BCUT2D eigenvalue weighted by molar-refractivity contribution is 1.08. The minimum absolute atomic E-state index is 0.657. The normalized spacial score (nSPS) is 11.8. The van der Waals surface area contributed by atoms with Crippen LogP contribution in [-0.2, 0) is 0 Å². The van der Waals surface area contributed by atoms with Gasteiger partial charge in [0.25, 0.3) is 0 Å². The van der Waals surface area contributed by atoms with Gasteiger partial charge < -0.3 is 0 Å². The topological polar surface area (TPSA) is 103 Å². The predicted octanol–water partition coefficient (Wildman–Crippen LogP) is 27.1. The minimum Gasteiger partial charge on any atom is -0.236 e. The van der Waals surface area contributed by atoms with E-state index in [4.69, 9.17) is 39.9 Å². The number of nitrogens with zero attached hydrogens (tertiary/aromatic N) is 8. The molecule has 14 aromatic carbocycles. The van der Waals surface area contributed by atoms with E-state index in [9.17, 15) is 0 Å². The van der Waals surface area contributed by atoms with Crippen LogP contribution in [0.4, 0.5) is 0 Å². The van der Waals surface area contributed by atoms with Crippen molar-refractivity contribution in [1.82, 2.24) is 39.9 Å². The molecule has 0 spiro atoms. The second-order valence-electron chi connectivity index (χ2n) is 26.0. The maximum Gasteiger partial charge on any atom is 0.164 e. The molecule has 106 heavy (non-hydrogen) atoms. The molecule has 8 nitrogen and oxygen atoms in total. The lowest BCUT2D eigenvalue weighted by atomic mass is 9.99. The van der Waals surface area contributed by atoms with Crippen molar-refractivity contribution in [3.05, 3.63) is 315 Å². The summed E-state index contributed by atoms with van der Waals surface area (Å²) in [6.07, 6.45) is 0. The van der Waals surface area contributed by atoms with Crippen molar-refractivity contribution in [1.29, 1.82) is 0 Å². The number of thiophene rings is 4. The van der Waals surface area contributed by atoms with Crippen molar-refractivity contribution in [2.45, 2.75) is 0 Å². The van der Waals surface area contributed by atoms with Crippen molar-refractivity contribution in [3.63, 3.8) is 0 Å². The van der Waals surface area contributed by atoms with Gasteiger partial charge in [-0.3, -0.25) is 0 Å². The Morgan fingerprint density at radius 3 is 1.03 bits per heavy atom. The van der Waals surface area contributed by atoms with Gasteiger partial charge in [-0.2, -0.15) is 0 Å². The van der Waals surface area contributed by atoms with Crippen molar-refractivity contribution in [2.24, 2.45) is 0 Å². The van der Waals surface area contributed by atoms with Crippen molar-refractivity contribution in [2.75, 3.05) is 0 Å². The summed E-state index contributed by atoms with van der Waals surface area (Å²) in [5.41, 5.74) is 15.0. The smallest absolute Gasteiger partial charge is 0.164 e. The van der Waals surface area contributed by atoms with Crippen LogP contribution >= 0.6 is 68.0 Å². The van der Waals surface area contributed by atoms with E-state index >= 15 is 0 Å².